The second kappa shape index (κ2) is 5.71. The molecule has 2 rings (SSSR count). The molecule has 0 bridgehead atoms. The summed E-state index contributed by atoms with van der Waals surface area (Å²) >= 11 is 2.07. The molecular formula is C12H24N2OS. The molecule has 2 aliphatic rings. The van der Waals surface area contributed by atoms with Gasteiger partial charge in [-0.2, -0.15) is 11.8 Å². The second-order valence-corrected chi connectivity index (χ2v) is 6.40. The van der Waals surface area contributed by atoms with Gasteiger partial charge < -0.3 is 10.5 Å². The summed E-state index contributed by atoms with van der Waals surface area (Å²) in [5, 5.41) is 0. The van der Waals surface area contributed by atoms with E-state index in [0.29, 0.717) is 6.04 Å². The molecule has 2 saturated heterocycles. The lowest BCUT2D eigenvalue weighted by Crippen LogP contribution is -2.52. The first kappa shape index (κ1) is 12.7. The fourth-order valence-electron chi connectivity index (χ4n) is 2.69. The summed E-state index contributed by atoms with van der Waals surface area (Å²) in [6.45, 7) is 7.23. The van der Waals surface area contributed by atoms with Crippen LogP contribution in [0.5, 0.6) is 0 Å². The van der Waals surface area contributed by atoms with E-state index in [2.05, 4.69) is 23.6 Å². The Kier molecular flexibility index (Phi) is 4.53. The zero-order valence-electron chi connectivity index (χ0n) is 10.3. The van der Waals surface area contributed by atoms with Crippen molar-refractivity contribution < 1.29 is 4.74 Å². The Bertz CT molecular complexity index is 219. The van der Waals surface area contributed by atoms with Gasteiger partial charge in [0.15, 0.2) is 0 Å². The molecule has 2 unspecified atom stereocenters. The minimum absolute atomic E-state index is 0.231. The van der Waals surface area contributed by atoms with Crippen molar-refractivity contribution in [2.45, 2.75) is 25.8 Å². The van der Waals surface area contributed by atoms with Crippen LogP contribution in [0.1, 0.15) is 19.8 Å². The largest absolute Gasteiger partial charge is 0.381 e. The number of ether oxygens (including phenoxy) is 1. The van der Waals surface area contributed by atoms with Gasteiger partial charge in [0.2, 0.25) is 0 Å². The highest BCUT2D eigenvalue weighted by Gasteiger charge is 2.35. The molecule has 16 heavy (non-hydrogen) atoms. The van der Waals surface area contributed by atoms with Crippen LogP contribution in [0, 0.1) is 5.41 Å². The van der Waals surface area contributed by atoms with E-state index >= 15 is 0 Å². The quantitative estimate of drug-likeness (QED) is 0.809. The normalized spacial score (nSPS) is 37.5. The van der Waals surface area contributed by atoms with Crippen LogP contribution in [-0.2, 0) is 4.74 Å². The van der Waals surface area contributed by atoms with E-state index in [4.69, 9.17) is 10.5 Å². The summed E-state index contributed by atoms with van der Waals surface area (Å²) in [4.78, 5) is 2.61. The standard InChI is InChI=1S/C12H24N2OS/c1-11-7-16-6-4-14(11)9-12(8-13)3-2-5-15-10-12/h11H,2-10,13H2,1H3. The van der Waals surface area contributed by atoms with Gasteiger partial charge in [-0.3, -0.25) is 4.90 Å². The third-order valence-electron chi connectivity index (χ3n) is 3.88. The average Bonchev–Trinajstić information content (AvgIpc) is 2.33. The highest BCUT2D eigenvalue weighted by molar-refractivity contribution is 7.99. The third-order valence-corrected chi connectivity index (χ3v) is 5.07. The monoisotopic (exact) mass is 244 g/mol. The molecule has 3 nitrogen and oxygen atoms in total. The lowest BCUT2D eigenvalue weighted by atomic mass is 9.81. The van der Waals surface area contributed by atoms with Gasteiger partial charge in [-0.25, -0.2) is 0 Å². The molecule has 2 N–H and O–H groups in total. The fraction of sp³-hybridized carbons (Fsp3) is 1.00. The molecule has 2 fully saturated rings. The fourth-order valence-corrected chi connectivity index (χ4v) is 3.77. The molecule has 0 aromatic carbocycles. The van der Waals surface area contributed by atoms with Crippen molar-refractivity contribution in [1.29, 1.82) is 0 Å². The Balaban J connectivity index is 1.93. The highest BCUT2D eigenvalue weighted by Crippen LogP contribution is 2.30. The molecule has 2 aliphatic heterocycles. The van der Waals surface area contributed by atoms with E-state index in [1.807, 2.05) is 0 Å². The van der Waals surface area contributed by atoms with Crippen LogP contribution in [0.15, 0.2) is 0 Å². The van der Waals surface area contributed by atoms with Crippen LogP contribution in [0.3, 0.4) is 0 Å². The van der Waals surface area contributed by atoms with Gasteiger partial charge in [-0.05, 0) is 19.8 Å². The van der Waals surface area contributed by atoms with Crippen molar-refractivity contribution in [3.05, 3.63) is 0 Å². The van der Waals surface area contributed by atoms with E-state index in [-0.39, 0.29) is 5.41 Å². The van der Waals surface area contributed by atoms with Crippen molar-refractivity contribution in [2.24, 2.45) is 11.1 Å². The molecule has 2 atom stereocenters. The van der Waals surface area contributed by atoms with E-state index in [0.717, 1.165) is 26.3 Å². The third kappa shape index (κ3) is 2.92. The number of hydrogen-bond donors (Lipinski definition) is 1. The molecule has 0 spiro atoms. The first-order valence-electron chi connectivity index (χ1n) is 6.35. The van der Waals surface area contributed by atoms with Gasteiger partial charge in [0.05, 0.1) is 6.61 Å². The zero-order valence-corrected chi connectivity index (χ0v) is 11.1. The van der Waals surface area contributed by atoms with Crippen LogP contribution in [0.2, 0.25) is 0 Å². The Labute approximate surface area is 103 Å². The van der Waals surface area contributed by atoms with E-state index in [9.17, 15) is 0 Å². The molecule has 4 heteroatoms. The van der Waals surface area contributed by atoms with Gasteiger partial charge in [-0.15, -0.1) is 0 Å². The van der Waals surface area contributed by atoms with Gasteiger partial charge in [0.25, 0.3) is 0 Å². The van der Waals surface area contributed by atoms with Crippen LogP contribution in [0.25, 0.3) is 0 Å². The topological polar surface area (TPSA) is 38.5 Å². The number of nitrogens with two attached hydrogens (primary N) is 1. The predicted molar refractivity (Wildman–Crippen MR) is 69.9 cm³/mol. The minimum Gasteiger partial charge on any atom is -0.381 e. The Morgan fingerprint density at radius 2 is 2.44 bits per heavy atom. The van der Waals surface area contributed by atoms with Gasteiger partial charge >= 0.3 is 0 Å². The van der Waals surface area contributed by atoms with Crippen LogP contribution >= 0.6 is 11.8 Å². The Morgan fingerprint density at radius 1 is 1.56 bits per heavy atom. The van der Waals surface area contributed by atoms with Gasteiger partial charge in [0.1, 0.15) is 0 Å². The number of thioether (sulfide) groups is 1. The van der Waals surface area contributed by atoms with Crippen molar-refractivity contribution >= 4 is 11.8 Å². The van der Waals surface area contributed by atoms with Crippen molar-refractivity contribution in [2.75, 3.05) is 44.4 Å². The van der Waals surface area contributed by atoms with Gasteiger partial charge in [0, 0.05) is 49.2 Å². The van der Waals surface area contributed by atoms with Crippen molar-refractivity contribution in [1.82, 2.24) is 4.90 Å². The van der Waals surface area contributed by atoms with Crippen molar-refractivity contribution in [3.63, 3.8) is 0 Å². The SMILES string of the molecule is CC1CSCCN1CC1(CN)CCCOC1. The summed E-state index contributed by atoms with van der Waals surface area (Å²) in [6.07, 6.45) is 2.41. The Hall–Kier alpha value is 0.230. The summed E-state index contributed by atoms with van der Waals surface area (Å²) in [7, 11) is 0. The van der Waals surface area contributed by atoms with E-state index in [1.54, 1.807) is 0 Å². The maximum absolute atomic E-state index is 5.99. The minimum atomic E-state index is 0.231. The molecule has 2 heterocycles. The summed E-state index contributed by atoms with van der Waals surface area (Å²) < 4.78 is 5.64. The van der Waals surface area contributed by atoms with Gasteiger partial charge in [-0.1, -0.05) is 0 Å². The average molecular weight is 244 g/mol. The molecule has 0 saturated carbocycles. The first-order valence-corrected chi connectivity index (χ1v) is 7.51. The van der Waals surface area contributed by atoms with E-state index < -0.39 is 0 Å². The summed E-state index contributed by atoms with van der Waals surface area (Å²) in [5.41, 5.74) is 6.22. The Morgan fingerprint density at radius 3 is 3.06 bits per heavy atom. The highest BCUT2D eigenvalue weighted by atomic mass is 32.2. The lowest BCUT2D eigenvalue weighted by molar-refractivity contribution is -0.0256. The molecule has 0 aromatic heterocycles. The van der Waals surface area contributed by atoms with Crippen LogP contribution in [0.4, 0.5) is 0 Å². The second-order valence-electron chi connectivity index (χ2n) is 5.25. The maximum atomic E-state index is 5.99. The number of hydrogen-bond acceptors (Lipinski definition) is 4. The zero-order chi connectivity index (χ0) is 11.4. The molecule has 0 aliphatic carbocycles. The molecule has 94 valence electrons. The van der Waals surface area contributed by atoms with Crippen molar-refractivity contribution in [3.8, 4) is 0 Å². The predicted octanol–water partition coefficient (Wildman–Crippen LogP) is 1.18. The molecule has 0 aromatic rings. The molecule has 0 amide bonds. The van der Waals surface area contributed by atoms with Crippen LogP contribution in [-0.4, -0.2) is 55.3 Å². The van der Waals surface area contributed by atoms with Crippen LogP contribution < -0.4 is 5.73 Å². The summed E-state index contributed by atoms with van der Waals surface area (Å²) in [5.74, 6) is 2.54. The van der Waals surface area contributed by atoms with E-state index in [1.165, 1.54) is 30.9 Å². The first-order chi connectivity index (χ1) is 7.76. The molecular weight excluding hydrogens is 220 g/mol. The lowest BCUT2D eigenvalue weighted by Gasteiger charge is -2.43. The number of nitrogens with zero attached hydrogens (tertiary/aromatic N) is 1. The smallest absolute Gasteiger partial charge is 0.0546 e. The number of rotatable bonds is 3. The molecule has 0 radical (unpaired) electrons. The maximum Gasteiger partial charge on any atom is 0.0546 e. The summed E-state index contributed by atoms with van der Waals surface area (Å²) in [6, 6.07) is 0.698.